The fourth-order valence-corrected chi connectivity index (χ4v) is 4.05. The second kappa shape index (κ2) is 5.43. The number of ether oxygens (including phenoxy) is 1. The molecule has 2 atom stereocenters. The van der Waals surface area contributed by atoms with Crippen LogP contribution in [-0.2, 0) is 16.8 Å². The zero-order valence-corrected chi connectivity index (χ0v) is 14.2. The molecule has 1 N–H and O–H groups in total. The molecule has 1 amide bonds. The van der Waals surface area contributed by atoms with Crippen molar-refractivity contribution in [1.29, 1.82) is 0 Å². The van der Waals surface area contributed by atoms with Gasteiger partial charge in [-0.2, -0.15) is 0 Å². The average molecular weight is 337 g/mol. The number of nitrogens with zero attached hydrogens (tertiary/aromatic N) is 1. The van der Waals surface area contributed by atoms with Crippen molar-refractivity contribution < 1.29 is 19.4 Å². The highest BCUT2D eigenvalue weighted by Crippen LogP contribution is 2.47. The summed E-state index contributed by atoms with van der Waals surface area (Å²) in [6, 6.07) is 12.5. The number of fused-ring (bicyclic) bond motifs is 2. The van der Waals surface area contributed by atoms with Gasteiger partial charge in [-0.1, -0.05) is 24.3 Å². The lowest BCUT2D eigenvalue weighted by Crippen LogP contribution is -2.49. The molecule has 0 saturated carbocycles. The first-order chi connectivity index (χ1) is 12.0. The molecule has 0 unspecified atom stereocenters. The minimum absolute atomic E-state index is 0.207. The van der Waals surface area contributed by atoms with E-state index < -0.39 is 17.4 Å². The Labute approximate surface area is 145 Å². The molecule has 2 aliphatic rings. The molecule has 0 bridgehead atoms. The van der Waals surface area contributed by atoms with Crippen LogP contribution in [0, 0.1) is 5.92 Å². The van der Waals surface area contributed by atoms with Gasteiger partial charge in [0.2, 0.25) is 0 Å². The Balaban J connectivity index is 1.82. The van der Waals surface area contributed by atoms with Gasteiger partial charge in [0.1, 0.15) is 5.75 Å². The number of ketones is 1. The quantitative estimate of drug-likeness (QED) is 0.913. The Bertz CT molecular complexity index is 891. The molecule has 0 fully saturated rings. The minimum Gasteiger partial charge on any atom is -0.497 e. The number of hydrogen-bond donors (Lipinski definition) is 1. The SMILES string of the molecule is COc1ccc2c(c1)C(=O)[C@H]([C@@]1(O)C(=O)N(C)c3ccccc31)CC2. The van der Waals surface area contributed by atoms with Gasteiger partial charge < -0.3 is 14.7 Å². The summed E-state index contributed by atoms with van der Waals surface area (Å²) in [7, 11) is 3.18. The maximum Gasteiger partial charge on any atom is 0.264 e. The van der Waals surface area contributed by atoms with E-state index in [1.54, 1.807) is 38.4 Å². The molecular weight excluding hydrogens is 318 g/mol. The molecule has 5 nitrogen and oxygen atoms in total. The molecule has 2 aromatic rings. The van der Waals surface area contributed by atoms with E-state index in [-0.39, 0.29) is 5.78 Å². The number of likely N-dealkylation sites (N-methyl/N-ethyl adjacent to an activating group) is 1. The predicted molar refractivity (Wildman–Crippen MR) is 92.9 cm³/mol. The summed E-state index contributed by atoms with van der Waals surface area (Å²) in [4.78, 5) is 27.5. The van der Waals surface area contributed by atoms with Gasteiger partial charge in [-0.05, 0) is 36.6 Å². The summed E-state index contributed by atoms with van der Waals surface area (Å²) in [5.74, 6) is -0.861. The number of aryl methyl sites for hydroxylation is 1. The van der Waals surface area contributed by atoms with E-state index in [0.29, 0.717) is 35.4 Å². The van der Waals surface area contributed by atoms with E-state index >= 15 is 0 Å². The van der Waals surface area contributed by atoms with Gasteiger partial charge in [-0.15, -0.1) is 0 Å². The van der Waals surface area contributed by atoms with Gasteiger partial charge in [0, 0.05) is 18.2 Å². The van der Waals surface area contributed by atoms with Gasteiger partial charge in [0.15, 0.2) is 11.4 Å². The molecule has 128 valence electrons. The van der Waals surface area contributed by atoms with E-state index in [2.05, 4.69) is 0 Å². The van der Waals surface area contributed by atoms with Crippen molar-refractivity contribution in [3.05, 3.63) is 59.2 Å². The highest BCUT2D eigenvalue weighted by molar-refractivity contribution is 6.12. The third-order valence-electron chi connectivity index (χ3n) is 5.41. The number of carbonyl (C=O) groups is 2. The standard InChI is InChI=1S/C20H19NO4/c1-21-17-6-4-3-5-15(17)20(24,19(21)23)16-10-8-12-7-9-13(25-2)11-14(12)18(16)22/h3-7,9,11,16,24H,8,10H2,1-2H3/t16-,20-/m1/s1. The molecule has 0 spiro atoms. The van der Waals surface area contributed by atoms with E-state index in [1.165, 1.54) is 4.90 Å². The molecule has 4 rings (SSSR count). The highest BCUT2D eigenvalue weighted by atomic mass is 16.5. The minimum atomic E-state index is -1.82. The van der Waals surface area contributed by atoms with Crippen molar-refractivity contribution >= 4 is 17.4 Å². The smallest absolute Gasteiger partial charge is 0.264 e. The topological polar surface area (TPSA) is 66.8 Å². The first-order valence-electron chi connectivity index (χ1n) is 8.29. The number of amides is 1. The Morgan fingerprint density at radius 3 is 2.72 bits per heavy atom. The fourth-order valence-electron chi connectivity index (χ4n) is 4.05. The number of aliphatic hydroxyl groups is 1. The zero-order valence-electron chi connectivity index (χ0n) is 14.2. The van der Waals surface area contributed by atoms with Crippen LogP contribution in [0.4, 0.5) is 5.69 Å². The van der Waals surface area contributed by atoms with Crippen LogP contribution >= 0.6 is 0 Å². The zero-order chi connectivity index (χ0) is 17.8. The number of carbonyl (C=O) groups excluding carboxylic acids is 2. The van der Waals surface area contributed by atoms with Gasteiger partial charge >= 0.3 is 0 Å². The van der Waals surface area contributed by atoms with Gasteiger partial charge in [0.05, 0.1) is 18.7 Å². The molecule has 0 saturated heterocycles. The maximum atomic E-state index is 13.2. The summed E-state index contributed by atoms with van der Waals surface area (Å²) in [5, 5.41) is 11.4. The highest BCUT2D eigenvalue weighted by Gasteiger charge is 2.56. The number of para-hydroxylation sites is 1. The van der Waals surface area contributed by atoms with Crippen molar-refractivity contribution in [1.82, 2.24) is 0 Å². The van der Waals surface area contributed by atoms with Crippen LogP contribution in [0.15, 0.2) is 42.5 Å². The Kier molecular flexibility index (Phi) is 3.44. The Morgan fingerprint density at radius 2 is 1.96 bits per heavy atom. The third kappa shape index (κ3) is 2.05. The van der Waals surface area contributed by atoms with Crippen LogP contribution in [0.1, 0.15) is 27.9 Å². The van der Waals surface area contributed by atoms with E-state index in [1.807, 2.05) is 18.2 Å². The summed E-state index contributed by atoms with van der Waals surface area (Å²) in [5.41, 5.74) is 0.802. The molecule has 0 radical (unpaired) electrons. The lowest BCUT2D eigenvalue weighted by Gasteiger charge is -2.34. The molecule has 25 heavy (non-hydrogen) atoms. The number of Topliss-reactive ketones (excluding diaryl/α,β-unsaturated/α-hetero) is 1. The monoisotopic (exact) mass is 337 g/mol. The van der Waals surface area contributed by atoms with Crippen LogP contribution in [0.2, 0.25) is 0 Å². The van der Waals surface area contributed by atoms with Crippen LogP contribution in [0.25, 0.3) is 0 Å². The van der Waals surface area contributed by atoms with Crippen molar-refractivity contribution in [2.24, 2.45) is 5.92 Å². The second-order valence-electron chi connectivity index (χ2n) is 6.63. The predicted octanol–water partition coefficient (Wildman–Crippen LogP) is 2.30. The van der Waals surface area contributed by atoms with Gasteiger partial charge in [-0.3, -0.25) is 9.59 Å². The van der Waals surface area contributed by atoms with Crippen LogP contribution in [-0.4, -0.2) is 31.0 Å². The summed E-state index contributed by atoms with van der Waals surface area (Å²) < 4.78 is 5.22. The fraction of sp³-hybridized carbons (Fsp3) is 0.300. The molecular formula is C20H19NO4. The molecule has 1 aliphatic heterocycles. The van der Waals surface area contributed by atoms with Crippen molar-refractivity contribution in [2.45, 2.75) is 18.4 Å². The van der Waals surface area contributed by atoms with Crippen LogP contribution in [0.5, 0.6) is 5.75 Å². The van der Waals surface area contributed by atoms with E-state index in [4.69, 9.17) is 4.74 Å². The van der Waals surface area contributed by atoms with Crippen molar-refractivity contribution in [2.75, 3.05) is 19.1 Å². The Morgan fingerprint density at radius 1 is 1.20 bits per heavy atom. The van der Waals surface area contributed by atoms with Gasteiger partial charge in [0.25, 0.3) is 5.91 Å². The molecule has 0 aromatic heterocycles. The third-order valence-corrected chi connectivity index (χ3v) is 5.41. The first-order valence-corrected chi connectivity index (χ1v) is 8.29. The van der Waals surface area contributed by atoms with Gasteiger partial charge in [-0.25, -0.2) is 0 Å². The van der Waals surface area contributed by atoms with E-state index in [0.717, 1.165) is 5.56 Å². The lowest BCUT2D eigenvalue weighted by atomic mass is 9.71. The number of hydrogen-bond acceptors (Lipinski definition) is 4. The van der Waals surface area contributed by atoms with Crippen molar-refractivity contribution in [3.63, 3.8) is 0 Å². The Hall–Kier alpha value is -2.66. The van der Waals surface area contributed by atoms with Crippen molar-refractivity contribution in [3.8, 4) is 5.75 Å². The summed E-state index contributed by atoms with van der Waals surface area (Å²) >= 11 is 0. The van der Waals surface area contributed by atoms with E-state index in [9.17, 15) is 14.7 Å². The molecule has 2 aromatic carbocycles. The average Bonchev–Trinajstić information content (AvgIpc) is 2.84. The second-order valence-corrected chi connectivity index (χ2v) is 6.63. The summed E-state index contributed by atoms with van der Waals surface area (Å²) in [6.07, 6.45) is 1.07. The maximum absolute atomic E-state index is 13.2. The molecule has 1 aliphatic carbocycles. The van der Waals surface area contributed by atoms with Crippen LogP contribution < -0.4 is 9.64 Å². The normalized spacial score (nSPS) is 24.9. The first kappa shape index (κ1) is 15.8. The lowest BCUT2D eigenvalue weighted by molar-refractivity contribution is -0.140. The van der Waals surface area contributed by atoms with Crippen LogP contribution in [0.3, 0.4) is 0 Å². The number of methoxy groups -OCH3 is 1. The molecule has 5 heteroatoms. The summed E-state index contributed by atoms with van der Waals surface area (Å²) in [6.45, 7) is 0. The number of benzene rings is 2. The number of anilines is 1. The number of rotatable bonds is 2. The largest absolute Gasteiger partial charge is 0.497 e. The molecule has 1 heterocycles.